The number of rotatable bonds is 3. The lowest BCUT2D eigenvalue weighted by molar-refractivity contribution is -0.129. The predicted molar refractivity (Wildman–Crippen MR) is 74.8 cm³/mol. The monoisotopic (exact) mass is 297 g/mol. The first-order chi connectivity index (χ1) is 7.84. The fraction of sp³-hybridized carbons (Fsp3) is 0.500. The smallest absolute Gasteiger partial charge is 0.225 e. The van der Waals surface area contributed by atoms with Crippen LogP contribution >= 0.6 is 15.9 Å². The lowest BCUT2D eigenvalue weighted by Crippen LogP contribution is -2.37. The zero-order chi connectivity index (χ0) is 13.1. The molecule has 0 aliphatic carbocycles. The van der Waals surface area contributed by atoms with Gasteiger partial charge in [0, 0.05) is 9.89 Å². The standard InChI is InChI=1S/C14H20BrNO/c1-5-12(16-13(17)14(2,3)4)10-6-8-11(15)9-7-10/h6-9,12H,5H2,1-4H3,(H,16,17). The van der Waals surface area contributed by atoms with Crippen molar-refractivity contribution >= 4 is 21.8 Å². The predicted octanol–water partition coefficient (Wildman–Crippen LogP) is 4.06. The van der Waals surface area contributed by atoms with E-state index < -0.39 is 0 Å². The third-order valence-electron chi connectivity index (χ3n) is 2.67. The molecule has 0 saturated heterocycles. The van der Waals surface area contributed by atoms with Gasteiger partial charge >= 0.3 is 0 Å². The summed E-state index contributed by atoms with van der Waals surface area (Å²) in [5, 5.41) is 3.09. The van der Waals surface area contributed by atoms with Crippen molar-refractivity contribution in [2.24, 2.45) is 5.41 Å². The third kappa shape index (κ3) is 4.15. The van der Waals surface area contributed by atoms with E-state index in [1.54, 1.807) is 0 Å². The number of nitrogens with one attached hydrogen (secondary N) is 1. The molecule has 0 radical (unpaired) electrons. The molecule has 0 aromatic heterocycles. The van der Waals surface area contributed by atoms with Crippen LogP contribution in [0.15, 0.2) is 28.7 Å². The van der Waals surface area contributed by atoms with Crippen molar-refractivity contribution in [1.29, 1.82) is 0 Å². The first kappa shape index (κ1) is 14.2. The molecule has 17 heavy (non-hydrogen) atoms. The Bertz CT molecular complexity index is 378. The normalized spacial score (nSPS) is 13.2. The average Bonchev–Trinajstić information content (AvgIpc) is 2.25. The van der Waals surface area contributed by atoms with Gasteiger partial charge in [0.05, 0.1) is 6.04 Å². The number of hydrogen-bond donors (Lipinski definition) is 1. The lowest BCUT2D eigenvalue weighted by Gasteiger charge is -2.24. The highest BCUT2D eigenvalue weighted by Gasteiger charge is 2.23. The first-order valence-corrected chi connectivity index (χ1v) is 6.70. The second-order valence-corrected chi connectivity index (χ2v) is 6.15. The minimum atomic E-state index is -0.344. The molecule has 0 aliphatic rings. The van der Waals surface area contributed by atoms with Crippen molar-refractivity contribution < 1.29 is 4.79 Å². The second kappa shape index (κ2) is 5.67. The minimum Gasteiger partial charge on any atom is -0.349 e. The summed E-state index contributed by atoms with van der Waals surface area (Å²) >= 11 is 3.41. The maximum absolute atomic E-state index is 12.0. The molecule has 1 aromatic rings. The third-order valence-corrected chi connectivity index (χ3v) is 3.20. The Morgan fingerprint density at radius 2 is 1.82 bits per heavy atom. The van der Waals surface area contributed by atoms with Gasteiger partial charge in [-0.2, -0.15) is 0 Å². The van der Waals surface area contributed by atoms with Crippen LogP contribution in [0.5, 0.6) is 0 Å². The van der Waals surface area contributed by atoms with Crippen molar-refractivity contribution in [3.8, 4) is 0 Å². The first-order valence-electron chi connectivity index (χ1n) is 5.91. The van der Waals surface area contributed by atoms with Gasteiger partial charge in [-0.05, 0) is 24.1 Å². The van der Waals surface area contributed by atoms with E-state index >= 15 is 0 Å². The Morgan fingerprint density at radius 1 is 1.29 bits per heavy atom. The van der Waals surface area contributed by atoms with E-state index in [-0.39, 0.29) is 17.4 Å². The van der Waals surface area contributed by atoms with Gasteiger partial charge in [-0.25, -0.2) is 0 Å². The van der Waals surface area contributed by atoms with E-state index in [0.29, 0.717) is 0 Å². The molecule has 0 bridgehead atoms. The summed E-state index contributed by atoms with van der Waals surface area (Å²) in [4.78, 5) is 12.0. The van der Waals surface area contributed by atoms with E-state index in [1.807, 2.05) is 45.0 Å². The topological polar surface area (TPSA) is 29.1 Å². The summed E-state index contributed by atoms with van der Waals surface area (Å²) in [7, 11) is 0. The molecule has 1 amide bonds. The fourth-order valence-corrected chi connectivity index (χ4v) is 1.76. The molecule has 0 fully saturated rings. The molecule has 1 atom stereocenters. The van der Waals surface area contributed by atoms with E-state index in [0.717, 1.165) is 16.5 Å². The van der Waals surface area contributed by atoms with E-state index in [2.05, 4.69) is 28.2 Å². The summed E-state index contributed by atoms with van der Waals surface area (Å²) in [6.45, 7) is 7.86. The Hall–Kier alpha value is -0.830. The highest BCUT2D eigenvalue weighted by molar-refractivity contribution is 9.10. The van der Waals surface area contributed by atoms with E-state index in [4.69, 9.17) is 0 Å². The molecule has 0 heterocycles. The Labute approximate surface area is 112 Å². The van der Waals surface area contributed by atoms with Crippen molar-refractivity contribution in [3.63, 3.8) is 0 Å². The number of halogens is 1. The zero-order valence-electron chi connectivity index (χ0n) is 10.9. The average molecular weight is 298 g/mol. The van der Waals surface area contributed by atoms with Crippen molar-refractivity contribution in [1.82, 2.24) is 5.32 Å². The van der Waals surface area contributed by atoms with Gasteiger partial charge in [-0.15, -0.1) is 0 Å². The van der Waals surface area contributed by atoms with Gasteiger partial charge in [0.1, 0.15) is 0 Å². The van der Waals surface area contributed by atoms with Crippen LogP contribution < -0.4 is 5.32 Å². The number of carbonyl (C=O) groups is 1. The van der Waals surface area contributed by atoms with Crippen LogP contribution in [0.2, 0.25) is 0 Å². The molecule has 1 aromatic carbocycles. The van der Waals surface area contributed by atoms with Crippen molar-refractivity contribution in [3.05, 3.63) is 34.3 Å². The quantitative estimate of drug-likeness (QED) is 0.895. The molecule has 0 aliphatic heterocycles. The highest BCUT2D eigenvalue weighted by atomic mass is 79.9. The summed E-state index contributed by atoms with van der Waals surface area (Å²) in [5.41, 5.74) is 0.802. The van der Waals surface area contributed by atoms with Crippen LogP contribution in [0.3, 0.4) is 0 Å². The van der Waals surface area contributed by atoms with Crippen LogP contribution in [0, 0.1) is 5.41 Å². The highest BCUT2D eigenvalue weighted by Crippen LogP contribution is 2.22. The Balaban J connectivity index is 2.79. The number of amides is 1. The molecule has 0 saturated carbocycles. The SMILES string of the molecule is CCC(NC(=O)C(C)(C)C)c1ccc(Br)cc1. The summed E-state index contributed by atoms with van der Waals surface area (Å²) < 4.78 is 1.05. The van der Waals surface area contributed by atoms with Crippen LogP contribution in [0.25, 0.3) is 0 Å². The molecule has 2 nitrogen and oxygen atoms in total. The second-order valence-electron chi connectivity index (χ2n) is 5.24. The molecular weight excluding hydrogens is 278 g/mol. The summed E-state index contributed by atoms with van der Waals surface area (Å²) in [6.07, 6.45) is 0.892. The molecule has 1 rings (SSSR count). The molecule has 94 valence electrons. The maximum atomic E-state index is 12.0. The van der Waals surface area contributed by atoms with Gasteiger partial charge in [0.25, 0.3) is 0 Å². The van der Waals surface area contributed by atoms with E-state index in [1.165, 1.54) is 0 Å². The maximum Gasteiger partial charge on any atom is 0.225 e. The van der Waals surface area contributed by atoms with Crippen LogP contribution in [-0.2, 0) is 4.79 Å². The summed E-state index contributed by atoms with van der Waals surface area (Å²) in [6, 6.07) is 8.18. The van der Waals surface area contributed by atoms with Crippen molar-refractivity contribution in [2.75, 3.05) is 0 Å². The summed E-state index contributed by atoms with van der Waals surface area (Å²) in [5.74, 6) is 0.0901. The van der Waals surface area contributed by atoms with Crippen LogP contribution in [0.4, 0.5) is 0 Å². The number of carbonyl (C=O) groups excluding carboxylic acids is 1. The molecule has 1 N–H and O–H groups in total. The zero-order valence-corrected chi connectivity index (χ0v) is 12.5. The van der Waals surface area contributed by atoms with Crippen molar-refractivity contribution in [2.45, 2.75) is 40.2 Å². The van der Waals surface area contributed by atoms with Crippen LogP contribution in [-0.4, -0.2) is 5.91 Å². The van der Waals surface area contributed by atoms with Gasteiger partial charge in [-0.3, -0.25) is 4.79 Å². The van der Waals surface area contributed by atoms with Gasteiger partial charge in [0.2, 0.25) is 5.91 Å². The Kier molecular flexibility index (Phi) is 4.75. The molecule has 1 unspecified atom stereocenters. The van der Waals surface area contributed by atoms with E-state index in [9.17, 15) is 4.79 Å². The van der Waals surface area contributed by atoms with Crippen LogP contribution in [0.1, 0.15) is 45.7 Å². The molecular formula is C14H20BrNO. The number of benzene rings is 1. The van der Waals surface area contributed by atoms with Gasteiger partial charge in [0.15, 0.2) is 0 Å². The number of hydrogen-bond acceptors (Lipinski definition) is 1. The lowest BCUT2D eigenvalue weighted by atomic mass is 9.94. The van der Waals surface area contributed by atoms with Gasteiger partial charge in [-0.1, -0.05) is 55.8 Å². The Morgan fingerprint density at radius 3 is 2.24 bits per heavy atom. The minimum absolute atomic E-state index is 0.0901. The largest absolute Gasteiger partial charge is 0.349 e. The molecule has 0 spiro atoms. The molecule has 3 heteroatoms. The fourth-order valence-electron chi connectivity index (χ4n) is 1.49. The van der Waals surface area contributed by atoms with Gasteiger partial charge < -0.3 is 5.32 Å².